The molecule has 0 saturated heterocycles. The van der Waals surface area contributed by atoms with Crippen LogP contribution >= 0.6 is 0 Å². The van der Waals surface area contributed by atoms with E-state index in [1.807, 2.05) is 107 Å². The minimum atomic E-state index is -0.666. The maximum atomic E-state index is 13.6. The van der Waals surface area contributed by atoms with Gasteiger partial charge in [0.25, 0.3) is 5.91 Å². The highest BCUT2D eigenvalue weighted by molar-refractivity contribution is 5.88. The van der Waals surface area contributed by atoms with E-state index < -0.39 is 6.04 Å². The molecule has 0 radical (unpaired) electrons. The van der Waals surface area contributed by atoms with Gasteiger partial charge in [0.2, 0.25) is 5.91 Å². The Morgan fingerprint density at radius 1 is 0.886 bits per heavy atom. The fraction of sp³-hybridized carbons (Fsp3) is 0.333. The predicted molar refractivity (Wildman–Crippen MR) is 140 cm³/mol. The molecule has 0 heterocycles. The van der Waals surface area contributed by atoms with Crippen molar-refractivity contribution in [2.24, 2.45) is 0 Å². The van der Waals surface area contributed by atoms with E-state index in [2.05, 4.69) is 5.32 Å². The second kappa shape index (κ2) is 12.7. The minimum absolute atomic E-state index is 0.0144. The number of carbonyl (C=O) groups excluding carboxylic acids is 2. The van der Waals surface area contributed by atoms with Crippen molar-refractivity contribution < 1.29 is 14.3 Å². The van der Waals surface area contributed by atoms with Crippen LogP contribution in [0.5, 0.6) is 5.75 Å². The minimum Gasteiger partial charge on any atom is -0.484 e. The molecule has 35 heavy (non-hydrogen) atoms. The molecule has 0 aliphatic carbocycles. The van der Waals surface area contributed by atoms with Crippen molar-refractivity contribution in [3.63, 3.8) is 0 Å². The summed E-state index contributed by atoms with van der Waals surface area (Å²) in [6, 6.07) is 24.8. The molecule has 184 valence electrons. The Balaban J connectivity index is 1.90. The van der Waals surface area contributed by atoms with Gasteiger partial charge in [-0.05, 0) is 50.5 Å². The average molecular weight is 473 g/mol. The normalized spacial score (nSPS) is 12.5. The van der Waals surface area contributed by atoms with Gasteiger partial charge in [0.15, 0.2) is 6.61 Å². The number of rotatable bonds is 11. The van der Waals surface area contributed by atoms with Gasteiger partial charge < -0.3 is 15.0 Å². The van der Waals surface area contributed by atoms with Crippen LogP contribution in [0.3, 0.4) is 0 Å². The summed E-state index contributed by atoms with van der Waals surface area (Å²) in [5.74, 6) is 0.245. The summed E-state index contributed by atoms with van der Waals surface area (Å²) < 4.78 is 5.82. The van der Waals surface area contributed by atoms with Crippen LogP contribution in [0, 0.1) is 13.8 Å². The molecule has 3 aromatic carbocycles. The number of carbonyl (C=O) groups is 2. The third kappa shape index (κ3) is 7.99. The van der Waals surface area contributed by atoms with Crippen LogP contribution in [0.4, 0.5) is 0 Å². The molecule has 2 atom stereocenters. The molecule has 1 N–H and O–H groups in total. The summed E-state index contributed by atoms with van der Waals surface area (Å²) in [5.41, 5.74) is 4.20. The van der Waals surface area contributed by atoms with Crippen LogP contribution in [0.15, 0.2) is 78.9 Å². The largest absolute Gasteiger partial charge is 0.484 e. The number of nitrogens with one attached hydrogen (secondary N) is 1. The standard InChI is InChI=1S/C30H36N2O3/c1-5-24(4)31-30(34)28(19-25-11-7-6-8-12-25)32(20-26-13-9-10-23(3)18-26)29(33)21-35-27-16-14-22(2)15-17-27/h6-18,24,28H,5,19-21H2,1-4H3,(H,31,34)/t24-,28+/m1/s1. The topological polar surface area (TPSA) is 58.6 Å². The van der Waals surface area contributed by atoms with Gasteiger partial charge in [0, 0.05) is 19.0 Å². The highest BCUT2D eigenvalue weighted by atomic mass is 16.5. The van der Waals surface area contributed by atoms with Crippen LogP contribution in [-0.2, 0) is 22.6 Å². The van der Waals surface area contributed by atoms with Gasteiger partial charge in [-0.15, -0.1) is 0 Å². The first-order valence-corrected chi connectivity index (χ1v) is 12.2. The van der Waals surface area contributed by atoms with Crippen LogP contribution in [0.25, 0.3) is 0 Å². The fourth-order valence-electron chi connectivity index (χ4n) is 3.86. The van der Waals surface area contributed by atoms with Gasteiger partial charge in [-0.25, -0.2) is 0 Å². The number of benzene rings is 3. The van der Waals surface area contributed by atoms with E-state index in [-0.39, 0.29) is 24.5 Å². The summed E-state index contributed by atoms with van der Waals surface area (Å²) in [6.45, 7) is 8.21. The molecule has 5 heteroatoms. The van der Waals surface area contributed by atoms with Crippen molar-refractivity contribution in [2.45, 2.75) is 59.2 Å². The summed E-state index contributed by atoms with van der Waals surface area (Å²) >= 11 is 0. The van der Waals surface area contributed by atoms with Crippen molar-refractivity contribution in [1.29, 1.82) is 0 Å². The molecule has 2 amide bonds. The first kappa shape index (κ1) is 26.0. The van der Waals surface area contributed by atoms with Gasteiger partial charge in [0.05, 0.1) is 0 Å². The Labute approximate surface area is 209 Å². The number of ether oxygens (including phenoxy) is 1. The molecule has 0 bridgehead atoms. The second-order valence-corrected chi connectivity index (χ2v) is 9.14. The van der Waals surface area contributed by atoms with Gasteiger partial charge in [-0.3, -0.25) is 9.59 Å². The maximum Gasteiger partial charge on any atom is 0.261 e. The van der Waals surface area contributed by atoms with E-state index in [9.17, 15) is 9.59 Å². The van der Waals surface area contributed by atoms with Gasteiger partial charge in [0.1, 0.15) is 11.8 Å². The Hall–Kier alpha value is -3.60. The lowest BCUT2D eigenvalue weighted by atomic mass is 10.0. The van der Waals surface area contributed by atoms with Crippen molar-refractivity contribution in [2.75, 3.05) is 6.61 Å². The van der Waals surface area contributed by atoms with Crippen molar-refractivity contribution in [1.82, 2.24) is 10.2 Å². The Kier molecular flexibility index (Phi) is 9.47. The van der Waals surface area contributed by atoms with E-state index in [0.717, 1.165) is 28.7 Å². The van der Waals surface area contributed by atoms with Crippen LogP contribution in [-0.4, -0.2) is 35.4 Å². The first-order chi connectivity index (χ1) is 16.9. The number of amides is 2. The highest BCUT2D eigenvalue weighted by Gasteiger charge is 2.31. The Bertz CT molecular complexity index is 1100. The first-order valence-electron chi connectivity index (χ1n) is 12.2. The van der Waals surface area contributed by atoms with E-state index in [4.69, 9.17) is 4.74 Å². The summed E-state index contributed by atoms with van der Waals surface area (Å²) in [4.78, 5) is 28.7. The van der Waals surface area contributed by atoms with Crippen molar-refractivity contribution >= 4 is 11.8 Å². The number of hydrogen-bond donors (Lipinski definition) is 1. The summed E-state index contributed by atoms with van der Waals surface area (Å²) in [7, 11) is 0. The average Bonchev–Trinajstić information content (AvgIpc) is 2.86. The Morgan fingerprint density at radius 3 is 2.23 bits per heavy atom. The van der Waals surface area contributed by atoms with E-state index >= 15 is 0 Å². The smallest absolute Gasteiger partial charge is 0.261 e. The summed E-state index contributed by atoms with van der Waals surface area (Å²) in [5, 5.41) is 3.09. The zero-order valence-electron chi connectivity index (χ0n) is 21.2. The molecule has 0 saturated carbocycles. The molecular formula is C30H36N2O3. The molecule has 0 unspecified atom stereocenters. The van der Waals surface area contributed by atoms with Gasteiger partial charge in [-0.1, -0.05) is 84.8 Å². The van der Waals surface area contributed by atoms with E-state index in [0.29, 0.717) is 18.7 Å². The monoisotopic (exact) mass is 472 g/mol. The second-order valence-electron chi connectivity index (χ2n) is 9.14. The molecule has 0 aliphatic rings. The zero-order chi connectivity index (χ0) is 25.2. The van der Waals surface area contributed by atoms with Gasteiger partial charge in [-0.2, -0.15) is 0 Å². The number of hydrogen-bond acceptors (Lipinski definition) is 3. The molecule has 0 fully saturated rings. The van der Waals surface area contributed by atoms with E-state index in [1.54, 1.807) is 4.90 Å². The van der Waals surface area contributed by atoms with Crippen LogP contribution in [0.2, 0.25) is 0 Å². The number of nitrogens with zero attached hydrogens (tertiary/aromatic N) is 1. The summed E-state index contributed by atoms with van der Waals surface area (Å²) in [6.07, 6.45) is 1.23. The molecule has 0 spiro atoms. The predicted octanol–water partition coefficient (Wildman–Crippen LogP) is 5.24. The maximum absolute atomic E-state index is 13.6. The lowest BCUT2D eigenvalue weighted by Gasteiger charge is -2.32. The SMILES string of the molecule is CC[C@@H](C)NC(=O)[C@H](Cc1ccccc1)N(Cc1cccc(C)c1)C(=O)COc1ccc(C)cc1. The van der Waals surface area contributed by atoms with Crippen molar-refractivity contribution in [3.8, 4) is 5.75 Å². The molecule has 3 rings (SSSR count). The molecular weight excluding hydrogens is 436 g/mol. The number of aryl methyl sites for hydroxylation is 2. The molecule has 3 aromatic rings. The highest BCUT2D eigenvalue weighted by Crippen LogP contribution is 2.17. The third-order valence-electron chi connectivity index (χ3n) is 6.09. The lowest BCUT2D eigenvalue weighted by molar-refractivity contribution is -0.143. The lowest BCUT2D eigenvalue weighted by Crippen LogP contribution is -2.53. The quantitative estimate of drug-likeness (QED) is 0.415. The molecule has 5 nitrogen and oxygen atoms in total. The van der Waals surface area contributed by atoms with Crippen LogP contribution < -0.4 is 10.1 Å². The molecule has 0 aliphatic heterocycles. The molecule has 0 aromatic heterocycles. The zero-order valence-corrected chi connectivity index (χ0v) is 21.2. The van der Waals surface area contributed by atoms with Gasteiger partial charge >= 0.3 is 0 Å². The van der Waals surface area contributed by atoms with Crippen LogP contribution in [0.1, 0.15) is 42.5 Å². The Morgan fingerprint density at radius 2 is 1.57 bits per heavy atom. The fourth-order valence-corrected chi connectivity index (χ4v) is 3.86. The van der Waals surface area contributed by atoms with Crippen molar-refractivity contribution in [3.05, 3.63) is 101 Å². The van der Waals surface area contributed by atoms with E-state index in [1.165, 1.54) is 0 Å². The third-order valence-corrected chi connectivity index (χ3v) is 6.09.